The number of carbonyl (C=O) groups is 1. The number of hydrogen-bond acceptors (Lipinski definition) is 7. The summed E-state index contributed by atoms with van der Waals surface area (Å²) in [5, 5.41) is 17.8. The van der Waals surface area contributed by atoms with Gasteiger partial charge in [0.1, 0.15) is 11.6 Å². The maximum absolute atomic E-state index is 12.4. The van der Waals surface area contributed by atoms with E-state index in [2.05, 4.69) is 20.5 Å². The topological polar surface area (TPSA) is 87.7 Å². The maximum Gasteiger partial charge on any atom is 0.316 e. The fourth-order valence-corrected chi connectivity index (χ4v) is 4.57. The summed E-state index contributed by atoms with van der Waals surface area (Å²) >= 11 is 1.32. The van der Waals surface area contributed by atoms with Crippen LogP contribution in [0.2, 0.25) is 0 Å². The fraction of sp³-hybridized carbons (Fsp3) is 0.318. The normalized spacial score (nSPS) is 14.7. The van der Waals surface area contributed by atoms with Crippen LogP contribution in [0.3, 0.4) is 0 Å². The van der Waals surface area contributed by atoms with Gasteiger partial charge in [-0.05, 0) is 49.9 Å². The summed E-state index contributed by atoms with van der Waals surface area (Å²) in [5.41, 5.74) is 2.49. The molecule has 0 unspecified atom stereocenters. The van der Waals surface area contributed by atoms with Crippen LogP contribution in [-0.4, -0.2) is 47.6 Å². The Morgan fingerprint density at radius 3 is 2.58 bits per heavy atom. The van der Waals surface area contributed by atoms with E-state index in [1.165, 1.54) is 18.2 Å². The lowest BCUT2D eigenvalue weighted by Gasteiger charge is -2.21. The summed E-state index contributed by atoms with van der Waals surface area (Å²) in [5.74, 6) is 0.481. The van der Waals surface area contributed by atoms with Crippen molar-refractivity contribution in [3.8, 4) is 11.6 Å². The molecule has 0 saturated heterocycles. The molecular weight excluding hydrogens is 412 g/mol. The molecule has 9 heteroatoms. The third kappa shape index (κ3) is 4.18. The van der Waals surface area contributed by atoms with Gasteiger partial charge in [0.2, 0.25) is 0 Å². The summed E-state index contributed by atoms with van der Waals surface area (Å²) in [4.78, 5) is 12.4. The van der Waals surface area contributed by atoms with Crippen molar-refractivity contribution in [3.05, 3.63) is 54.6 Å². The molecule has 5 rings (SSSR count). The minimum Gasteiger partial charge on any atom is -0.462 e. The van der Waals surface area contributed by atoms with Crippen LogP contribution in [0.5, 0.6) is 0 Å². The molecule has 31 heavy (non-hydrogen) atoms. The molecule has 2 heterocycles. The summed E-state index contributed by atoms with van der Waals surface area (Å²) in [7, 11) is 0. The Morgan fingerprint density at radius 1 is 0.968 bits per heavy atom. The molecule has 0 N–H and O–H groups in total. The molecule has 1 fully saturated rings. The lowest BCUT2D eigenvalue weighted by molar-refractivity contribution is -0.147. The van der Waals surface area contributed by atoms with E-state index in [1.54, 1.807) is 4.68 Å². The summed E-state index contributed by atoms with van der Waals surface area (Å²) < 4.78 is 9.21. The quantitative estimate of drug-likeness (QED) is 0.335. The smallest absolute Gasteiger partial charge is 0.316 e. The summed E-state index contributed by atoms with van der Waals surface area (Å²) in [6.07, 6.45) is 5.44. The van der Waals surface area contributed by atoms with Crippen LogP contribution in [0.25, 0.3) is 22.7 Å². The Balaban J connectivity index is 1.43. The fourth-order valence-electron chi connectivity index (χ4n) is 3.84. The Labute approximate surface area is 183 Å². The average Bonchev–Trinajstić information content (AvgIpc) is 3.43. The summed E-state index contributed by atoms with van der Waals surface area (Å²) in [6.45, 7) is 0. The highest BCUT2D eigenvalue weighted by molar-refractivity contribution is 7.99. The van der Waals surface area contributed by atoms with Gasteiger partial charge < -0.3 is 4.74 Å². The van der Waals surface area contributed by atoms with Crippen molar-refractivity contribution < 1.29 is 9.53 Å². The Morgan fingerprint density at radius 2 is 1.74 bits per heavy atom. The number of thioether (sulfide) groups is 1. The minimum atomic E-state index is -0.215. The first-order chi connectivity index (χ1) is 15.3. The molecule has 0 aliphatic heterocycles. The highest BCUT2D eigenvalue weighted by Crippen LogP contribution is 2.26. The second-order valence-electron chi connectivity index (χ2n) is 7.48. The molecule has 2 aromatic carbocycles. The van der Waals surface area contributed by atoms with E-state index in [1.807, 2.05) is 59.2 Å². The zero-order valence-corrected chi connectivity index (χ0v) is 17.7. The number of benzene rings is 2. The standard InChI is InChI=1S/C22H22N6O2S/c29-20(30-17-11-5-2-6-12-17)15-31-22-25-24-21(27(22)16-9-3-1-4-10-16)28-19-14-8-7-13-18(19)23-26-28/h1,3-4,7-10,13-14,17H,2,5-6,11-12,15H2. The predicted octanol–water partition coefficient (Wildman–Crippen LogP) is 3.97. The van der Waals surface area contributed by atoms with Gasteiger partial charge in [0, 0.05) is 0 Å². The molecule has 1 saturated carbocycles. The molecule has 158 valence electrons. The van der Waals surface area contributed by atoms with E-state index in [9.17, 15) is 4.79 Å². The number of rotatable bonds is 6. The maximum atomic E-state index is 12.4. The van der Waals surface area contributed by atoms with E-state index in [4.69, 9.17) is 4.74 Å². The van der Waals surface area contributed by atoms with Crippen molar-refractivity contribution >= 4 is 28.8 Å². The van der Waals surface area contributed by atoms with Gasteiger partial charge in [-0.3, -0.25) is 9.36 Å². The summed E-state index contributed by atoms with van der Waals surface area (Å²) in [6, 6.07) is 17.5. The zero-order valence-electron chi connectivity index (χ0n) is 16.9. The first-order valence-corrected chi connectivity index (χ1v) is 11.4. The van der Waals surface area contributed by atoms with Crippen LogP contribution in [-0.2, 0) is 9.53 Å². The van der Waals surface area contributed by atoms with Crippen LogP contribution in [0.1, 0.15) is 32.1 Å². The number of esters is 1. The number of nitrogens with zero attached hydrogens (tertiary/aromatic N) is 6. The zero-order chi connectivity index (χ0) is 21.0. The van der Waals surface area contributed by atoms with E-state index < -0.39 is 0 Å². The van der Waals surface area contributed by atoms with E-state index in [-0.39, 0.29) is 17.8 Å². The molecule has 1 aliphatic carbocycles. The predicted molar refractivity (Wildman–Crippen MR) is 117 cm³/mol. The van der Waals surface area contributed by atoms with Crippen molar-refractivity contribution in [2.45, 2.75) is 43.4 Å². The first-order valence-electron chi connectivity index (χ1n) is 10.4. The van der Waals surface area contributed by atoms with Gasteiger partial charge in [0.15, 0.2) is 5.16 Å². The van der Waals surface area contributed by atoms with E-state index in [0.717, 1.165) is 42.4 Å². The number of aromatic nitrogens is 6. The Kier molecular flexibility index (Phi) is 5.66. The van der Waals surface area contributed by atoms with Gasteiger partial charge >= 0.3 is 5.97 Å². The molecule has 0 amide bonds. The number of carbonyl (C=O) groups excluding carboxylic acids is 1. The van der Waals surface area contributed by atoms with Crippen molar-refractivity contribution in [3.63, 3.8) is 0 Å². The molecule has 0 radical (unpaired) electrons. The van der Waals surface area contributed by atoms with Crippen LogP contribution in [0, 0.1) is 0 Å². The van der Waals surface area contributed by atoms with Gasteiger partial charge in [0.25, 0.3) is 5.95 Å². The number of fused-ring (bicyclic) bond motifs is 1. The second kappa shape index (κ2) is 8.89. The van der Waals surface area contributed by atoms with Crippen molar-refractivity contribution in [2.24, 2.45) is 0 Å². The number of hydrogen-bond donors (Lipinski definition) is 0. The highest BCUT2D eigenvalue weighted by Gasteiger charge is 2.22. The third-order valence-electron chi connectivity index (χ3n) is 5.34. The van der Waals surface area contributed by atoms with Gasteiger partial charge in [0.05, 0.1) is 17.0 Å². The van der Waals surface area contributed by atoms with Crippen molar-refractivity contribution in [1.29, 1.82) is 0 Å². The molecule has 4 aromatic rings. The molecule has 0 bridgehead atoms. The van der Waals surface area contributed by atoms with Crippen molar-refractivity contribution in [2.75, 3.05) is 5.75 Å². The molecule has 2 aromatic heterocycles. The SMILES string of the molecule is O=C(CSc1nnc(-n2nnc3ccccc32)n1-c1ccccc1)OC1CCCCC1. The van der Waals surface area contributed by atoms with Crippen LogP contribution in [0.15, 0.2) is 59.8 Å². The molecule has 8 nitrogen and oxygen atoms in total. The van der Waals surface area contributed by atoms with Crippen LogP contribution < -0.4 is 0 Å². The van der Waals surface area contributed by atoms with E-state index >= 15 is 0 Å². The van der Waals surface area contributed by atoms with E-state index in [0.29, 0.717) is 11.1 Å². The second-order valence-corrected chi connectivity index (χ2v) is 8.42. The van der Waals surface area contributed by atoms with Crippen LogP contribution >= 0.6 is 11.8 Å². The molecule has 0 spiro atoms. The third-order valence-corrected chi connectivity index (χ3v) is 6.24. The number of para-hydroxylation sites is 2. The average molecular weight is 435 g/mol. The monoisotopic (exact) mass is 434 g/mol. The molecule has 0 atom stereocenters. The van der Waals surface area contributed by atoms with Crippen molar-refractivity contribution in [1.82, 2.24) is 29.8 Å². The Hall–Kier alpha value is -3.20. The van der Waals surface area contributed by atoms with Gasteiger partial charge in [-0.25, -0.2) is 0 Å². The number of ether oxygens (including phenoxy) is 1. The largest absolute Gasteiger partial charge is 0.462 e. The van der Waals surface area contributed by atoms with Crippen LogP contribution in [0.4, 0.5) is 0 Å². The minimum absolute atomic E-state index is 0.0471. The van der Waals surface area contributed by atoms with Gasteiger partial charge in [-0.15, -0.1) is 15.3 Å². The highest BCUT2D eigenvalue weighted by atomic mass is 32.2. The van der Waals surface area contributed by atoms with Gasteiger partial charge in [-0.1, -0.05) is 53.7 Å². The molecule has 1 aliphatic rings. The Bertz CT molecular complexity index is 1180. The lowest BCUT2D eigenvalue weighted by Crippen LogP contribution is -2.22. The van der Waals surface area contributed by atoms with Gasteiger partial charge in [-0.2, -0.15) is 4.68 Å². The first kappa shape index (κ1) is 19.7. The molecular formula is C22H22N6O2S. The lowest BCUT2D eigenvalue weighted by atomic mass is 9.98.